The number of methoxy groups -OCH3 is 1. The van der Waals surface area contributed by atoms with Gasteiger partial charge in [0.2, 0.25) is 0 Å². The monoisotopic (exact) mass is 258 g/mol. The standard InChI is InChI=1S/C11H18N2O3S/c1-4-13(6-7-15-3)11-12-9(8-17-11)10(14)16-5-2/h8H,4-7H2,1-3H3. The molecule has 17 heavy (non-hydrogen) atoms. The molecule has 0 saturated carbocycles. The van der Waals surface area contributed by atoms with Crippen molar-refractivity contribution in [2.24, 2.45) is 0 Å². The summed E-state index contributed by atoms with van der Waals surface area (Å²) in [6, 6.07) is 0. The Morgan fingerprint density at radius 2 is 2.29 bits per heavy atom. The number of hydrogen-bond donors (Lipinski definition) is 0. The Bertz CT molecular complexity index is 354. The first-order chi connectivity index (χ1) is 8.22. The van der Waals surface area contributed by atoms with Gasteiger partial charge in [-0.1, -0.05) is 0 Å². The highest BCUT2D eigenvalue weighted by Crippen LogP contribution is 2.20. The summed E-state index contributed by atoms with van der Waals surface area (Å²) in [5.74, 6) is -0.363. The molecular formula is C11H18N2O3S. The highest BCUT2D eigenvalue weighted by molar-refractivity contribution is 7.13. The molecule has 0 amide bonds. The molecule has 5 nitrogen and oxygen atoms in total. The van der Waals surface area contributed by atoms with Crippen molar-refractivity contribution in [1.82, 2.24) is 4.98 Å². The van der Waals surface area contributed by atoms with Gasteiger partial charge in [0.15, 0.2) is 10.8 Å². The van der Waals surface area contributed by atoms with Gasteiger partial charge >= 0.3 is 5.97 Å². The first kappa shape index (κ1) is 13.9. The van der Waals surface area contributed by atoms with Crippen LogP contribution in [0.1, 0.15) is 24.3 Å². The molecule has 1 rings (SSSR count). The smallest absolute Gasteiger partial charge is 0.357 e. The maximum absolute atomic E-state index is 11.5. The van der Waals surface area contributed by atoms with E-state index < -0.39 is 0 Å². The van der Waals surface area contributed by atoms with Crippen LogP contribution in [-0.2, 0) is 9.47 Å². The third-order valence-electron chi connectivity index (χ3n) is 2.19. The van der Waals surface area contributed by atoms with Gasteiger partial charge in [0, 0.05) is 25.6 Å². The summed E-state index contributed by atoms with van der Waals surface area (Å²) in [6.45, 7) is 6.43. The number of likely N-dealkylation sites (N-methyl/N-ethyl adjacent to an activating group) is 1. The number of carbonyl (C=O) groups excluding carboxylic acids is 1. The highest BCUT2D eigenvalue weighted by Gasteiger charge is 2.14. The third-order valence-corrected chi connectivity index (χ3v) is 3.10. The summed E-state index contributed by atoms with van der Waals surface area (Å²) >= 11 is 1.45. The van der Waals surface area contributed by atoms with E-state index in [0.29, 0.717) is 18.9 Å². The minimum atomic E-state index is -0.363. The Kier molecular flexibility index (Phi) is 5.93. The van der Waals surface area contributed by atoms with E-state index in [2.05, 4.69) is 9.88 Å². The number of rotatable bonds is 7. The van der Waals surface area contributed by atoms with Crippen molar-refractivity contribution < 1.29 is 14.3 Å². The van der Waals surface area contributed by atoms with E-state index in [1.54, 1.807) is 19.4 Å². The van der Waals surface area contributed by atoms with Crippen LogP contribution >= 0.6 is 11.3 Å². The minimum absolute atomic E-state index is 0.363. The van der Waals surface area contributed by atoms with Crippen LogP contribution in [0.5, 0.6) is 0 Å². The lowest BCUT2D eigenvalue weighted by atomic mass is 10.5. The molecule has 96 valence electrons. The molecule has 0 N–H and O–H groups in total. The summed E-state index contributed by atoms with van der Waals surface area (Å²) < 4.78 is 9.93. The third kappa shape index (κ3) is 3.98. The van der Waals surface area contributed by atoms with E-state index in [1.165, 1.54) is 11.3 Å². The van der Waals surface area contributed by atoms with Crippen molar-refractivity contribution in [2.45, 2.75) is 13.8 Å². The van der Waals surface area contributed by atoms with Gasteiger partial charge in [-0.2, -0.15) is 0 Å². The van der Waals surface area contributed by atoms with Crippen LogP contribution in [0.4, 0.5) is 5.13 Å². The van der Waals surface area contributed by atoms with Crippen LogP contribution in [0.3, 0.4) is 0 Å². The number of anilines is 1. The van der Waals surface area contributed by atoms with E-state index in [4.69, 9.17) is 9.47 Å². The molecule has 6 heteroatoms. The second kappa shape index (κ2) is 7.24. The van der Waals surface area contributed by atoms with Crippen LogP contribution in [0.15, 0.2) is 5.38 Å². The Labute approximate surface area is 105 Å². The van der Waals surface area contributed by atoms with Crippen LogP contribution in [0.2, 0.25) is 0 Å². The van der Waals surface area contributed by atoms with Crippen LogP contribution in [0, 0.1) is 0 Å². The van der Waals surface area contributed by atoms with Gasteiger partial charge < -0.3 is 14.4 Å². The molecule has 0 aliphatic rings. The lowest BCUT2D eigenvalue weighted by Gasteiger charge is -2.18. The fourth-order valence-corrected chi connectivity index (χ4v) is 2.19. The molecule has 0 spiro atoms. The molecule has 1 heterocycles. The topological polar surface area (TPSA) is 51.7 Å². The van der Waals surface area contributed by atoms with Gasteiger partial charge in [0.05, 0.1) is 13.2 Å². The van der Waals surface area contributed by atoms with E-state index in [1.807, 2.05) is 6.92 Å². The summed E-state index contributed by atoms with van der Waals surface area (Å²) in [5.41, 5.74) is 0.378. The van der Waals surface area contributed by atoms with Gasteiger partial charge in [-0.3, -0.25) is 0 Å². The molecule has 0 aromatic carbocycles. The Balaban J connectivity index is 2.67. The number of aromatic nitrogens is 1. The Morgan fingerprint density at radius 3 is 2.88 bits per heavy atom. The van der Waals surface area contributed by atoms with Crippen molar-refractivity contribution in [1.29, 1.82) is 0 Å². The molecule has 0 aliphatic carbocycles. The second-order valence-electron chi connectivity index (χ2n) is 3.31. The second-order valence-corrected chi connectivity index (χ2v) is 4.14. The SMILES string of the molecule is CCOC(=O)c1csc(N(CC)CCOC)n1. The Morgan fingerprint density at radius 1 is 1.53 bits per heavy atom. The largest absolute Gasteiger partial charge is 0.461 e. The molecular weight excluding hydrogens is 240 g/mol. The molecule has 0 aliphatic heterocycles. The fraction of sp³-hybridized carbons (Fsp3) is 0.636. The zero-order valence-corrected chi connectivity index (χ0v) is 11.2. The van der Waals surface area contributed by atoms with Gasteiger partial charge in [0.1, 0.15) is 0 Å². The van der Waals surface area contributed by atoms with E-state index >= 15 is 0 Å². The quantitative estimate of drug-likeness (QED) is 0.698. The molecule has 0 unspecified atom stereocenters. The summed E-state index contributed by atoms with van der Waals surface area (Å²) in [7, 11) is 1.67. The zero-order chi connectivity index (χ0) is 12.7. The summed E-state index contributed by atoms with van der Waals surface area (Å²) in [5, 5.41) is 2.55. The molecule has 1 aromatic rings. The van der Waals surface area contributed by atoms with Crippen LogP contribution in [0.25, 0.3) is 0 Å². The van der Waals surface area contributed by atoms with Gasteiger partial charge in [0.25, 0.3) is 0 Å². The lowest BCUT2D eigenvalue weighted by molar-refractivity contribution is 0.0520. The van der Waals surface area contributed by atoms with Crippen LogP contribution < -0.4 is 4.90 Å². The summed E-state index contributed by atoms with van der Waals surface area (Å²) in [4.78, 5) is 17.8. The number of carbonyl (C=O) groups is 1. The van der Waals surface area contributed by atoms with Crippen molar-refractivity contribution in [3.63, 3.8) is 0 Å². The molecule has 0 radical (unpaired) electrons. The van der Waals surface area contributed by atoms with E-state index in [0.717, 1.165) is 18.2 Å². The molecule has 0 fully saturated rings. The van der Waals surface area contributed by atoms with Crippen molar-refractivity contribution in [3.05, 3.63) is 11.1 Å². The predicted molar refractivity (Wildman–Crippen MR) is 67.8 cm³/mol. The number of esters is 1. The number of thiazole rings is 1. The highest BCUT2D eigenvalue weighted by atomic mass is 32.1. The van der Waals surface area contributed by atoms with Gasteiger partial charge in [-0.15, -0.1) is 11.3 Å². The predicted octanol–water partition coefficient (Wildman–Crippen LogP) is 1.79. The average molecular weight is 258 g/mol. The van der Waals surface area contributed by atoms with Crippen molar-refractivity contribution in [3.8, 4) is 0 Å². The average Bonchev–Trinajstić information content (AvgIpc) is 2.80. The van der Waals surface area contributed by atoms with Gasteiger partial charge in [-0.25, -0.2) is 9.78 Å². The summed E-state index contributed by atoms with van der Waals surface area (Å²) in [6.07, 6.45) is 0. The molecule has 0 saturated heterocycles. The maximum Gasteiger partial charge on any atom is 0.357 e. The number of nitrogens with zero attached hydrogens (tertiary/aromatic N) is 2. The maximum atomic E-state index is 11.5. The molecule has 0 atom stereocenters. The zero-order valence-electron chi connectivity index (χ0n) is 10.4. The van der Waals surface area contributed by atoms with Crippen molar-refractivity contribution in [2.75, 3.05) is 38.3 Å². The fourth-order valence-electron chi connectivity index (χ4n) is 1.30. The first-order valence-electron chi connectivity index (χ1n) is 5.59. The first-order valence-corrected chi connectivity index (χ1v) is 6.47. The van der Waals surface area contributed by atoms with E-state index in [-0.39, 0.29) is 5.97 Å². The Hall–Kier alpha value is -1.14. The van der Waals surface area contributed by atoms with Crippen molar-refractivity contribution >= 4 is 22.4 Å². The molecule has 0 bridgehead atoms. The van der Waals surface area contributed by atoms with Crippen LogP contribution in [-0.4, -0.2) is 44.4 Å². The lowest BCUT2D eigenvalue weighted by Crippen LogP contribution is -2.26. The minimum Gasteiger partial charge on any atom is -0.461 e. The molecule has 1 aromatic heterocycles. The van der Waals surface area contributed by atoms with Gasteiger partial charge in [-0.05, 0) is 13.8 Å². The van der Waals surface area contributed by atoms with E-state index in [9.17, 15) is 4.79 Å². The normalized spacial score (nSPS) is 10.3. The number of hydrogen-bond acceptors (Lipinski definition) is 6. The number of ether oxygens (including phenoxy) is 2.